The monoisotopic (exact) mass is 542 g/mol. The zero-order chi connectivity index (χ0) is 24.7. The van der Waals surface area contributed by atoms with Crippen LogP contribution in [0.3, 0.4) is 0 Å². The molecule has 0 spiro atoms. The summed E-state index contributed by atoms with van der Waals surface area (Å²) in [5.41, 5.74) is 9.45. The van der Waals surface area contributed by atoms with E-state index in [4.69, 9.17) is 27.1 Å². The third-order valence-corrected chi connectivity index (χ3v) is 6.53. The van der Waals surface area contributed by atoms with Gasteiger partial charge in [-0.3, -0.25) is 9.30 Å². The molecule has 1 saturated heterocycles. The molecule has 1 aliphatic rings. The van der Waals surface area contributed by atoms with Crippen molar-refractivity contribution in [3.63, 3.8) is 0 Å². The fourth-order valence-corrected chi connectivity index (χ4v) is 4.64. The van der Waals surface area contributed by atoms with E-state index in [-0.39, 0.29) is 18.4 Å². The molecule has 37 heavy (non-hydrogen) atoms. The highest BCUT2D eigenvalue weighted by atomic mass is 35.5. The number of pyridine rings is 1. The van der Waals surface area contributed by atoms with Crippen molar-refractivity contribution in [2.24, 2.45) is 5.73 Å². The molecular weight excluding hydrogens is 511 g/mol. The number of nitrogens with one attached hydrogen (secondary N) is 2. The average molecular weight is 544 g/mol. The van der Waals surface area contributed by atoms with Gasteiger partial charge in [0.15, 0.2) is 11.5 Å². The third-order valence-electron chi connectivity index (χ3n) is 6.29. The number of rotatable bonds is 10. The Labute approximate surface area is 227 Å². The van der Waals surface area contributed by atoms with Crippen molar-refractivity contribution in [2.45, 2.75) is 12.5 Å². The fraction of sp³-hybridized carbons (Fsp3) is 0.346. The van der Waals surface area contributed by atoms with Gasteiger partial charge in [0.2, 0.25) is 0 Å². The summed E-state index contributed by atoms with van der Waals surface area (Å²) in [6.45, 7) is 5.79. The van der Waals surface area contributed by atoms with Crippen LogP contribution in [0.1, 0.15) is 18.0 Å². The summed E-state index contributed by atoms with van der Waals surface area (Å²) in [4.78, 5) is 16.4. The van der Waals surface area contributed by atoms with Crippen LogP contribution in [0, 0.1) is 0 Å². The molecule has 196 valence electrons. The highest BCUT2D eigenvalue weighted by molar-refractivity contribution is 6.30. The minimum Gasteiger partial charge on any atom is -0.379 e. The molecular formula is C26H32Cl2N8O. The highest BCUT2D eigenvalue weighted by Gasteiger charge is 2.15. The number of nitrogens with zero attached hydrogens (tertiary/aromatic N) is 5. The number of imidazole rings is 1. The zero-order valence-electron chi connectivity index (χ0n) is 20.5. The molecule has 0 radical (unpaired) electrons. The second-order valence-corrected chi connectivity index (χ2v) is 9.17. The van der Waals surface area contributed by atoms with Gasteiger partial charge in [-0.05, 0) is 42.8 Å². The van der Waals surface area contributed by atoms with Crippen molar-refractivity contribution in [3.05, 3.63) is 71.6 Å². The van der Waals surface area contributed by atoms with Crippen LogP contribution in [0.2, 0.25) is 5.02 Å². The van der Waals surface area contributed by atoms with Gasteiger partial charge in [0, 0.05) is 43.6 Å². The molecule has 3 aromatic heterocycles. The van der Waals surface area contributed by atoms with Gasteiger partial charge in [-0.2, -0.15) is 0 Å². The standard InChI is InChI=1S/C26H31ClN8O.ClH/c27-20-4-1-3-19(17-20)21(7-8-28)32-24-6-2-5-22(33-24)23-18-31-26-25(30-10-12-35(23)26)29-9-11-34-13-15-36-16-14-34;/h1-6,10,12,17-18,21H,7-9,11,13-16,28H2,(H,29,30)(H,32,33);1H. The summed E-state index contributed by atoms with van der Waals surface area (Å²) in [5.74, 6) is 1.52. The Morgan fingerprint density at radius 2 is 1.95 bits per heavy atom. The van der Waals surface area contributed by atoms with Gasteiger partial charge in [0.05, 0.1) is 36.8 Å². The van der Waals surface area contributed by atoms with Crippen molar-refractivity contribution in [1.29, 1.82) is 0 Å². The molecule has 4 aromatic rings. The van der Waals surface area contributed by atoms with Crippen molar-refractivity contribution < 1.29 is 4.74 Å². The Bertz CT molecular complexity index is 1290. The summed E-state index contributed by atoms with van der Waals surface area (Å²) in [5, 5.41) is 7.67. The summed E-state index contributed by atoms with van der Waals surface area (Å²) in [7, 11) is 0. The number of halogens is 2. The number of hydrogen-bond donors (Lipinski definition) is 3. The second kappa shape index (κ2) is 13.0. The summed E-state index contributed by atoms with van der Waals surface area (Å²) in [6.07, 6.45) is 6.29. The lowest BCUT2D eigenvalue weighted by Crippen LogP contribution is -2.39. The van der Waals surface area contributed by atoms with Gasteiger partial charge in [-0.25, -0.2) is 15.0 Å². The first-order valence-corrected chi connectivity index (χ1v) is 12.6. The quantitative estimate of drug-likeness (QED) is 0.275. The van der Waals surface area contributed by atoms with Crippen LogP contribution < -0.4 is 16.4 Å². The van der Waals surface area contributed by atoms with E-state index in [0.717, 1.165) is 80.0 Å². The first-order valence-electron chi connectivity index (χ1n) is 12.3. The van der Waals surface area contributed by atoms with E-state index >= 15 is 0 Å². The number of benzene rings is 1. The first kappa shape index (κ1) is 27.1. The smallest absolute Gasteiger partial charge is 0.180 e. The molecule has 9 nitrogen and oxygen atoms in total. The van der Waals surface area contributed by atoms with Gasteiger partial charge >= 0.3 is 0 Å². The average Bonchev–Trinajstić information content (AvgIpc) is 3.34. The fourth-order valence-electron chi connectivity index (χ4n) is 4.44. The maximum Gasteiger partial charge on any atom is 0.180 e. The summed E-state index contributed by atoms with van der Waals surface area (Å²) >= 11 is 6.22. The van der Waals surface area contributed by atoms with E-state index in [1.54, 1.807) is 6.20 Å². The number of morpholine rings is 1. The van der Waals surface area contributed by atoms with E-state index in [2.05, 4.69) is 25.5 Å². The van der Waals surface area contributed by atoms with E-state index in [1.807, 2.05) is 59.3 Å². The van der Waals surface area contributed by atoms with Crippen molar-refractivity contribution in [2.75, 3.05) is 56.6 Å². The Morgan fingerprint density at radius 3 is 2.76 bits per heavy atom. The van der Waals surface area contributed by atoms with E-state index < -0.39 is 0 Å². The molecule has 1 aliphatic heterocycles. The van der Waals surface area contributed by atoms with Crippen LogP contribution in [-0.4, -0.2) is 70.2 Å². The van der Waals surface area contributed by atoms with Crippen molar-refractivity contribution in [1.82, 2.24) is 24.3 Å². The van der Waals surface area contributed by atoms with E-state index in [0.29, 0.717) is 11.6 Å². The predicted octanol–water partition coefficient (Wildman–Crippen LogP) is 4.11. The summed E-state index contributed by atoms with van der Waals surface area (Å²) in [6, 6.07) is 13.8. The molecule has 4 N–H and O–H groups in total. The largest absolute Gasteiger partial charge is 0.379 e. The van der Waals surface area contributed by atoms with Gasteiger partial charge in [0.1, 0.15) is 5.82 Å². The van der Waals surface area contributed by atoms with Gasteiger partial charge < -0.3 is 21.1 Å². The number of aromatic nitrogens is 4. The Morgan fingerprint density at radius 1 is 1.11 bits per heavy atom. The zero-order valence-corrected chi connectivity index (χ0v) is 22.1. The molecule has 1 unspecified atom stereocenters. The maximum absolute atomic E-state index is 6.22. The number of hydrogen-bond acceptors (Lipinski definition) is 8. The van der Waals surface area contributed by atoms with Gasteiger partial charge in [-0.1, -0.05) is 29.8 Å². The van der Waals surface area contributed by atoms with Crippen LogP contribution in [0.4, 0.5) is 11.6 Å². The van der Waals surface area contributed by atoms with Crippen LogP contribution in [0.15, 0.2) is 61.1 Å². The molecule has 4 heterocycles. The first-order chi connectivity index (χ1) is 17.7. The van der Waals surface area contributed by atoms with Crippen LogP contribution in [0.25, 0.3) is 17.0 Å². The van der Waals surface area contributed by atoms with Crippen molar-refractivity contribution >= 4 is 41.3 Å². The number of fused-ring (bicyclic) bond motifs is 1. The molecule has 1 aromatic carbocycles. The molecule has 0 saturated carbocycles. The van der Waals surface area contributed by atoms with Crippen LogP contribution in [-0.2, 0) is 4.74 Å². The van der Waals surface area contributed by atoms with Crippen molar-refractivity contribution in [3.8, 4) is 11.4 Å². The highest BCUT2D eigenvalue weighted by Crippen LogP contribution is 2.27. The Hall–Kier alpha value is -2.95. The minimum absolute atomic E-state index is 0. The third kappa shape index (κ3) is 6.68. The molecule has 0 aliphatic carbocycles. The van der Waals surface area contributed by atoms with Crippen LogP contribution >= 0.6 is 24.0 Å². The molecule has 1 fully saturated rings. The number of ether oxygens (including phenoxy) is 1. The van der Waals surface area contributed by atoms with Crippen LogP contribution in [0.5, 0.6) is 0 Å². The van der Waals surface area contributed by atoms with Gasteiger partial charge in [0.25, 0.3) is 0 Å². The lowest BCUT2D eigenvalue weighted by molar-refractivity contribution is 0.0398. The number of anilines is 2. The molecule has 1 atom stereocenters. The minimum atomic E-state index is 0. The molecule has 11 heteroatoms. The lowest BCUT2D eigenvalue weighted by Gasteiger charge is -2.26. The molecule has 0 amide bonds. The van der Waals surface area contributed by atoms with Gasteiger partial charge in [-0.15, -0.1) is 12.4 Å². The topological polar surface area (TPSA) is 106 Å². The molecule has 0 bridgehead atoms. The Balaban J connectivity index is 0.00000320. The lowest BCUT2D eigenvalue weighted by atomic mass is 10.0. The van der Waals surface area contributed by atoms with E-state index in [1.165, 1.54) is 0 Å². The van der Waals surface area contributed by atoms with E-state index in [9.17, 15) is 0 Å². The predicted molar refractivity (Wildman–Crippen MR) is 151 cm³/mol. The SMILES string of the molecule is Cl.NCCC(Nc1cccc(-c2cnc3c(NCCN4CCOCC4)nccn23)n1)c1cccc(Cl)c1. The summed E-state index contributed by atoms with van der Waals surface area (Å²) < 4.78 is 7.44. The Kier molecular flexibility index (Phi) is 9.54. The maximum atomic E-state index is 6.22. The normalized spacial score (nSPS) is 14.8. The second-order valence-electron chi connectivity index (χ2n) is 8.73. The number of nitrogens with two attached hydrogens (primary N) is 1. The molecule has 5 rings (SSSR count).